The van der Waals surface area contributed by atoms with Crippen molar-refractivity contribution in [2.24, 2.45) is 0 Å². The molecular formula is C26H22O7. The normalized spacial score (nSPS) is 11.2. The van der Waals surface area contributed by atoms with Crippen molar-refractivity contribution < 1.29 is 29.2 Å². The Morgan fingerprint density at radius 1 is 0.909 bits per heavy atom. The molecule has 1 aromatic heterocycles. The van der Waals surface area contributed by atoms with Crippen molar-refractivity contribution in [1.82, 2.24) is 0 Å². The Morgan fingerprint density at radius 2 is 1.58 bits per heavy atom. The number of hydrogen-bond donors (Lipinski definition) is 3. The monoisotopic (exact) mass is 446 g/mol. The minimum absolute atomic E-state index is 0.0225. The van der Waals surface area contributed by atoms with Crippen molar-refractivity contribution >= 4 is 17.0 Å². The standard InChI is InChI=1S/C26H22O7/c1-31-22-11-16(12-23(32-2)26(22)30)20-14-19(28)24-21(33-20)13-18(27)17(25(24)29)10-6-9-15-7-4-3-5-8-15/h3-9,11-14,27,29-30H,10H2,1-2H3. The summed E-state index contributed by atoms with van der Waals surface area (Å²) in [7, 11) is 2.78. The average molecular weight is 446 g/mol. The predicted octanol–water partition coefficient (Wildman–Crippen LogP) is 4.85. The van der Waals surface area contributed by atoms with Gasteiger partial charge in [-0.05, 0) is 24.1 Å². The van der Waals surface area contributed by atoms with Gasteiger partial charge in [0.05, 0.1) is 14.2 Å². The van der Waals surface area contributed by atoms with E-state index in [2.05, 4.69) is 0 Å². The maximum atomic E-state index is 12.9. The van der Waals surface area contributed by atoms with Gasteiger partial charge in [-0.1, -0.05) is 42.5 Å². The summed E-state index contributed by atoms with van der Waals surface area (Å²) < 4.78 is 16.1. The molecule has 0 radical (unpaired) electrons. The highest BCUT2D eigenvalue weighted by molar-refractivity contribution is 5.88. The largest absolute Gasteiger partial charge is 0.507 e. The van der Waals surface area contributed by atoms with Crippen LogP contribution in [-0.2, 0) is 6.42 Å². The maximum absolute atomic E-state index is 12.9. The van der Waals surface area contributed by atoms with Crippen LogP contribution in [0.5, 0.6) is 28.7 Å². The Bertz CT molecular complexity index is 1380. The third-order valence-corrected chi connectivity index (χ3v) is 5.27. The highest BCUT2D eigenvalue weighted by Gasteiger charge is 2.19. The molecule has 0 aliphatic rings. The van der Waals surface area contributed by atoms with Crippen molar-refractivity contribution in [3.05, 3.63) is 82.0 Å². The van der Waals surface area contributed by atoms with E-state index in [-0.39, 0.29) is 57.5 Å². The van der Waals surface area contributed by atoms with E-state index < -0.39 is 5.43 Å². The SMILES string of the molecule is COc1cc(-c2cc(=O)c3c(O)c(CC=Cc4ccccc4)c(O)cc3o2)cc(OC)c1O. The van der Waals surface area contributed by atoms with Gasteiger partial charge in [0.2, 0.25) is 5.75 Å². The summed E-state index contributed by atoms with van der Waals surface area (Å²) >= 11 is 0. The lowest BCUT2D eigenvalue weighted by atomic mass is 10.0. The van der Waals surface area contributed by atoms with Gasteiger partial charge in [-0.25, -0.2) is 0 Å². The zero-order valence-corrected chi connectivity index (χ0v) is 18.0. The van der Waals surface area contributed by atoms with Gasteiger partial charge >= 0.3 is 0 Å². The number of phenolic OH excluding ortho intramolecular Hbond substituents is 3. The zero-order chi connectivity index (χ0) is 23.5. The molecule has 168 valence electrons. The summed E-state index contributed by atoms with van der Waals surface area (Å²) in [5.74, 6) is -0.283. The molecule has 0 atom stereocenters. The first kappa shape index (κ1) is 21.8. The number of fused-ring (bicyclic) bond motifs is 1. The minimum Gasteiger partial charge on any atom is -0.507 e. The van der Waals surface area contributed by atoms with Crippen LogP contribution < -0.4 is 14.9 Å². The molecule has 0 saturated carbocycles. The van der Waals surface area contributed by atoms with Gasteiger partial charge in [0.1, 0.15) is 28.2 Å². The van der Waals surface area contributed by atoms with Crippen LogP contribution in [0.15, 0.2) is 69.9 Å². The number of rotatable bonds is 6. The molecule has 4 rings (SSSR count). The number of benzene rings is 3. The fraction of sp³-hybridized carbons (Fsp3) is 0.115. The van der Waals surface area contributed by atoms with Crippen LogP contribution in [0.1, 0.15) is 11.1 Å². The second-order valence-corrected chi connectivity index (χ2v) is 7.32. The molecule has 4 aromatic rings. The van der Waals surface area contributed by atoms with Crippen LogP contribution in [0.3, 0.4) is 0 Å². The molecule has 0 unspecified atom stereocenters. The molecular weight excluding hydrogens is 424 g/mol. The molecule has 0 bridgehead atoms. The minimum atomic E-state index is -0.483. The van der Waals surface area contributed by atoms with Crippen molar-refractivity contribution in [3.8, 4) is 40.1 Å². The first-order valence-corrected chi connectivity index (χ1v) is 10.1. The van der Waals surface area contributed by atoms with Crippen molar-refractivity contribution in [3.63, 3.8) is 0 Å². The van der Waals surface area contributed by atoms with Gasteiger partial charge in [0.25, 0.3) is 0 Å². The molecule has 0 amide bonds. The number of aromatic hydroxyl groups is 3. The second kappa shape index (κ2) is 9.00. The lowest BCUT2D eigenvalue weighted by molar-refractivity contribution is 0.340. The first-order valence-electron chi connectivity index (χ1n) is 10.1. The van der Waals surface area contributed by atoms with Gasteiger partial charge in [-0.15, -0.1) is 0 Å². The van der Waals surface area contributed by atoms with E-state index >= 15 is 0 Å². The van der Waals surface area contributed by atoms with Crippen LogP contribution in [0.4, 0.5) is 0 Å². The first-order chi connectivity index (χ1) is 15.9. The van der Waals surface area contributed by atoms with Crippen LogP contribution >= 0.6 is 0 Å². The Balaban J connectivity index is 1.77. The number of phenols is 3. The second-order valence-electron chi connectivity index (χ2n) is 7.32. The summed E-state index contributed by atoms with van der Waals surface area (Å²) in [6, 6.07) is 15.1. The lowest BCUT2D eigenvalue weighted by Gasteiger charge is -2.12. The van der Waals surface area contributed by atoms with E-state index in [0.717, 1.165) is 5.56 Å². The van der Waals surface area contributed by atoms with Crippen molar-refractivity contribution in [2.45, 2.75) is 6.42 Å². The van der Waals surface area contributed by atoms with Crippen molar-refractivity contribution in [1.29, 1.82) is 0 Å². The number of hydrogen-bond acceptors (Lipinski definition) is 7. The number of ether oxygens (including phenoxy) is 2. The molecule has 0 fully saturated rings. The van der Waals surface area contributed by atoms with E-state index in [9.17, 15) is 20.1 Å². The highest BCUT2D eigenvalue weighted by Crippen LogP contribution is 2.41. The molecule has 7 heteroatoms. The topological polar surface area (TPSA) is 109 Å². The van der Waals surface area contributed by atoms with E-state index in [4.69, 9.17) is 13.9 Å². The zero-order valence-electron chi connectivity index (χ0n) is 18.0. The lowest BCUT2D eigenvalue weighted by Crippen LogP contribution is -2.02. The van der Waals surface area contributed by atoms with Gasteiger partial charge in [0.15, 0.2) is 16.9 Å². The van der Waals surface area contributed by atoms with Gasteiger partial charge in [0, 0.05) is 23.3 Å². The van der Waals surface area contributed by atoms with Gasteiger partial charge in [-0.2, -0.15) is 0 Å². The van der Waals surface area contributed by atoms with Crippen LogP contribution in [0, 0.1) is 0 Å². The smallest absolute Gasteiger partial charge is 0.200 e. The molecule has 0 aliphatic heterocycles. The summed E-state index contributed by atoms with van der Waals surface area (Å²) in [6.07, 6.45) is 3.87. The van der Waals surface area contributed by atoms with Crippen LogP contribution in [0.25, 0.3) is 28.4 Å². The molecule has 1 heterocycles. The fourth-order valence-electron chi connectivity index (χ4n) is 3.59. The van der Waals surface area contributed by atoms with E-state index in [1.165, 1.54) is 38.5 Å². The molecule has 0 spiro atoms. The molecule has 7 nitrogen and oxygen atoms in total. The molecule has 33 heavy (non-hydrogen) atoms. The third-order valence-electron chi connectivity index (χ3n) is 5.27. The van der Waals surface area contributed by atoms with Gasteiger partial charge in [-0.3, -0.25) is 4.79 Å². The molecule has 3 aromatic carbocycles. The Kier molecular flexibility index (Phi) is 5.95. The van der Waals surface area contributed by atoms with Crippen molar-refractivity contribution in [2.75, 3.05) is 14.2 Å². The summed E-state index contributed by atoms with van der Waals surface area (Å²) in [6.45, 7) is 0. The Labute approximate surface area is 189 Å². The Morgan fingerprint density at radius 3 is 2.21 bits per heavy atom. The van der Waals surface area contributed by atoms with Gasteiger partial charge < -0.3 is 29.2 Å². The highest BCUT2D eigenvalue weighted by atomic mass is 16.5. The molecule has 0 saturated heterocycles. The number of methoxy groups -OCH3 is 2. The molecule has 0 aliphatic carbocycles. The van der Waals surface area contributed by atoms with E-state index in [1.54, 1.807) is 6.08 Å². The summed E-state index contributed by atoms with van der Waals surface area (Å²) in [5, 5.41) is 31.3. The quantitative estimate of drug-likeness (QED) is 0.388. The maximum Gasteiger partial charge on any atom is 0.200 e. The summed E-state index contributed by atoms with van der Waals surface area (Å²) in [4.78, 5) is 12.9. The van der Waals surface area contributed by atoms with Crippen LogP contribution in [-0.4, -0.2) is 29.5 Å². The fourth-order valence-corrected chi connectivity index (χ4v) is 3.59. The average Bonchev–Trinajstić information content (AvgIpc) is 2.81. The van der Waals surface area contributed by atoms with E-state index in [1.807, 2.05) is 36.4 Å². The third kappa shape index (κ3) is 4.21. The predicted molar refractivity (Wildman–Crippen MR) is 125 cm³/mol. The van der Waals surface area contributed by atoms with Crippen LogP contribution in [0.2, 0.25) is 0 Å². The molecule has 3 N–H and O–H groups in total. The van der Waals surface area contributed by atoms with E-state index in [0.29, 0.717) is 5.56 Å². The number of allylic oxidation sites excluding steroid dienone is 1. The summed E-state index contributed by atoms with van der Waals surface area (Å²) in [5.41, 5.74) is 1.15. The Hall–Kier alpha value is -4.39.